The second-order valence-electron chi connectivity index (χ2n) is 4.67. The number of carbonyl (C=O) groups is 2. The van der Waals surface area contributed by atoms with Crippen LogP contribution >= 0.6 is 0 Å². The van der Waals surface area contributed by atoms with E-state index >= 15 is 0 Å². The van der Waals surface area contributed by atoms with Crippen molar-refractivity contribution >= 4 is 17.6 Å². The average Bonchev–Trinajstić information content (AvgIpc) is 2.48. The first-order chi connectivity index (χ1) is 9.61. The van der Waals surface area contributed by atoms with E-state index in [1.54, 1.807) is 6.07 Å². The molecule has 108 valence electrons. The van der Waals surface area contributed by atoms with Gasteiger partial charge in [-0.05, 0) is 31.4 Å². The van der Waals surface area contributed by atoms with Gasteiger partial charge in [-0.1, -0.05) is 0 Å². The van der Waals surface area contributed by atoms with Crippen LogP contribution in [0.4, 0.5) is 5.82 Å². The summed E-state index contributed by atoms with van der Waals surface area (Å²) in [5, 5.41) is 11.8. The van der Waals surface area contributed by atoms with Gasteiger partial charge in [-0.2, -0.15) is 0 Å². The predicted octanol–water partition coefficient (Wildman–Crippen LogP) is -0.00740. The van der Waals surface area contributed by atoms with E-state index in [9.17, 15) is 14.7 Å². The van der Waals surface area contributed by atoms with Gasteiger partial charge in [-0.3, -0.25) is 14.9 Å². The molecule has 1 aliphatic heterocycles. The summed E-state index contributed by atoms with van der Waals surface area (Å²) >= 11 is 0. The number of nitrogens with one attached hydrogen (secondary N) is 1. The maximum absolute atomic E-state index is 11.8. The first-order valence-electron chi connectivity index (χ1n) is 6.61. The Morgan fingerprint density at radius 3 is 2.65 bits per heavy atom. The molecule has 0 atom stereocenters. The molecule has 0 aromatic carbocycles. The number of rotatable bonds is 3. The fraction of sp³-hybridized carbons (Fsp3) is 0.462. The molecule has 2 amide bonds. The second kappa shape index (κ2) is 6.33. The quantitative estimate of drug-likeness (QED) is 0.717. The molecule has 1 saturated heterocycles. The highest BCUT2D eigenvalue weighted by Crippen LogP contribution is 2.22. The van der Waals surface area contributed by atoms with Gasteiger partial charge in [-0.15, -0.1) is 0 Å². The van der Waals surface area contributed by atoms with Crippen LogP contribution in [0, 0.1) is 0 Å². The van der Waals surface area contributed by atoms with Crippen LogP contribution in [0.5, 0.6) is 5.75 Å². The average molecular weight is 278 g/mol. The maximum atomic E-state index is 11.8. The topological polar surface area (TPSA) is 109 Å². The van der Waals surface area contributed by atoms with Gasteiger partial charge < -0.3 is 15.7 Å². The molecule has 1 aromatic rings. The van der Waals surface area contributed by atoms with Gasteiger partial charge in [-0.25, -0.2) is 4.98 Å². The monoisotopic (exact) mass is 278 g/mol. The number of nitrogens with two attached hydrogens (primary N) is 1. The lowest BCUT2D eigenvalue weighted by Crippen LogP contribution is -2.36. The first kappa shape index (κ1) is 14.3. The van der Waals surface area contributed by atoms with E-state index in [1.807, 2.05) is 0 Å². The van der Waals surface area contributed by atoms with Crippen LogP contribution in [0.3, 0.4) is 0 Å². The van der Waals surface area contributed by atoms with Crippen molar-refractivity contribution in [3.05, 3.63) is 17.8 Å². The number of nitrogens with zero attached hydrogens (tertiary/aromatic N) is 2. The number of imide groups is 1. The summed E-state index contributed by atoms with van der Waals surface area (Å²) in [6.45, 7) is 1.46. The zero-order valence-electron chi connectivity index (χ0n) is 11.1. The van der Waals surface area contributed by atoms with Crippen molar-refractivity contribution in [2.45, 2.75) is 19.3 Å². The standard InChI is InChI=1S/C13H18N4O3/c14-8-11(19)16-13(20)12-9(18)4-5-10(15-12)17-6-2-1-3-7-17/h4-5,18H,1-3,6-8,14H2,(H,16,19,20). The minimum atomic E-state index is -0.739. The number of aromatic nitrogens is 1. The van der Waals surface area contributed by atoms with E-state index in [1.165, 1.54) is 12.5 Å². The van der Waals surface area contributed by atoms with E-state index in [2.05, 4.69) is 15.2 Å². The van der Waals surface area contributed by atoms with Crippen molar-refractivity contribution in [3.63, 3.8) is 0 Å². The lowest BCUT2D eigenvalue weighted by atomic mass is 10.1. The molecule has 20 heavy (non-hydrogen) atoms. The minimum absolute atomic E-state index is 0.158. The summed E-state index contributed by atoms with van der Waals surface area (Å²) in [7, 11) is 0. The number of hydrogen-bond acceptors (Lipinski definition) is 6. The second-order valence-corrected chi connectivity index (χ2v) is 4.67. The predicted molar refractivity (Wildman–Crippen MR) is 73.5 cm³/mol. The highest BCUT2D eigenvalue weighted by molar-refractivity contribution is 6.05. The lowest BCUT2D eigenvalue weighted by molar-refractivity contribution is -0.118. The molecule has 0 radical (unpaired) electrons. The normalized spacial score (nSPS) is 14.9. The zero-order chi connectivity index (χ0) is 14.5. The summed E-state index contributed by atoms with van der Waals surface area (Å²) in [5.41, 5.74) is 4.97. The minimum Gasteiger partial charge on any atom is -0.505 e. The lowest BCUT2D eigenvalue weighted by Gasteiger charge is -2.27. The molecule has 4 N–H and O–H groups in total. The number of aromatic hydroxyl groups is 1. The van der Waals surface area contributed by atoms with Gasteiger partial charge >= 0.3 is 0 Å². The molecule has 0 aliphatic carbocycles. The summed E-state index contributed by atoms with van der Waals surface area (Å²) in [4.78, 5) is 29.2. The van der Waals surface area contributed by atoms with Crippen LogP contribution in [-0.4, -0.2) is 41.5 Å². The Balaban J connectivity index is 2.19. The Bertz CT molecular complexity index is 512. The summed E-state index contributed by atoms with van der Waals surface area (Å²) < 4.78 is 0. The molecule has 0 bridgehead atoms. The van der Waals surface area contributed by atoms with Crippen LogP contribution in [0.1, 0.15) is 29.8 Å². The van der Waals surface area contributed by atoms with Gasteiger partial charge in [0.25, 0.3) is 5.91 Å². The Morgan fingerprint density at radius 1 is 1.30 bits per heavy atom. The molecule has 0 saturated carbocycles. The molecular formula is C13H18N4O3. The van der Waals surface area contributed by atoms with E-state index in [0.29, 0.717) is 5.82 Å². The fourth-order valence-electron chi connectivity index (χ4n) is 2.14. The van der Waals surface area contributed by atoms with Crippen LogP contribution in [0.25, 0.3) is 0 Å². The van der Waals surface area contributed by atoms with Crippen molar-refractivity contribution in [1.82, 2.24) is 10.3 Å². The highest BCUT2D eigenvalue weighted by atomic mass is 16.3. The van der Waals surface area contributed by atoms with E-state index in [-0.39, 0.29) is 18.0 Å². The van der Waals surface area contributed by atoms with E-state index in [0.717, 1.165) is 25.9 Å². The van der Waals surface area contributed by atoms with Crippen molar-refractivity contribution in [3.8, 4) is 5.75 Å². The molecule has 7 heteroatoms. The van der Waals surface area contributed by atoms with Gasteiger partial charge in [0.05, 0.1) is 6.54 Å². The number of hydrogen-bond donors (Lipinski definition) is 3. The smallest absolute Gasteiger partial charge is 0.280 e. The third-order valence-corrected chi connectivity index (χ3v) is 3.19. The first-order valence-corrected chi connectivity index (χ1v) is 6.61. The Hall–Kier alpha value is -2.15. The Labute approximate surface area is 116 Å². The molecule has 1 aromatic heterocycles. The van der Waals surface area contributed by atoms with Crippen LogP contribution < -0.4 is 16.0 Å². The van der Waals surface area contributed by atoms with Crippen molar-refractivity contribution in [1.29, 1.82) is 0 Å². The summed E-state index contributed by atoms with van der Waals surface area (Å²) in [5.74, 6) is -0.975. The van der Waals surface area contributed by atoms with Gasteiger partial charge in [0.1, 0.15) is 11.6 Å². The number of pyridine rings is 1. The summed E-state index contributed by atoms with van der Waals surface area (Å²) in [6, 6.07) is 3.08. The molecule has 0 unspecified atom stereocenters. The van der Waals surface area contributed by atoms with Crippen molar-refractivity contribution in [2.24, 2.45) is 5.73 Å². The van der Waals surface area contributed by atoms with Gasteiger partial charge in [0.2, 0.25) is 5.91 Å². The van der Waals surface area contributed by atoms with Gasteiger partial charge in [0, 0.05) is 13.1 Å². The third-order valence-electron chi connectivity index (χ3n) is 3.19. The number of amides is 2. The number of piperidine rings is 1. The van der Waals surface area contributed by atoms with Crippen LogP contribution in [0.15, 0.2) is 12.1 Å². The van der Waals surface area contributed by atoms with E-state index in [4.69, 9.17) is 5.73 Å². The van der Waals surface area contributed by atoms with Crippen molar-refractivity contribution in [2.75, 3.05) is 24.5 Å². The van der Waals surface area contributed by atoms with Crippen LogP contribution in [-0.2, 0) is 4.79 Å². The third kappa shape index (κ3) is 3.24. The molecule has 1 fully saturated rings. The number of anilines is 1. The Morgan fingerprint density at radius 2 is 2.00 bits per heavy atom. The fourth-order valence-corrected chi connectivity index (χ4v) is 2.14. The molecule has 2 heterocycles. The Kier molecular flexibility index (Phi) is 4.52. The molecular weight excluding hydrogens is 260 g/mol. The molecule has 1 aliphatic rings. The van der Waals surface area contributed by atoms with Crippen molar-refractivity contribution < 1.29 is 14.7 Å². The maximum Gasteiger partial charge on any atom is 0.280 e. The SMILES string of the molecule is NCC(=O)NC(=O)c1nc(N2CCCCC2)ccc1O. The summed E-state index contributed by atoms with van der Waals surface area (Å²) in [6.07, 6.45) is 3.35. The van der Waals surface area contributed by atoms with Crippen LogP contribution in [0.2, 0.25) is 0 Å². The highest BCUT2D eigenvalue weighted by Gasteiger charge is 2.19. The van der Waals surface area contributed by atoms with E-state index < -0.39 is 11.8 Å². The largest absolute Gasteiger partial charge is 0.505 e. The number of carbonyl (C=O) groups excluding carboxylic acids is 2. The molecule has 7 nitrogen and oxygen atoms in total. The molecule has 2 rings (SSSR count). The van der Waals surface area contributed by atoms with Gasteiger partial charge in [0.15, 0.2) is 5.69 Å². The zero-order valence-corrected chi connectivity index (χ0v) is 11.1. The molecule has 0 spiro atoms.